The van der Waals surface area contributed by atoms with E-state index in [0.717, 1.165) is 12.8 Å². The van der Waals surface area contributed by atoms with Gasteiger partial charge in [0.1, 0.15) is 11.3 Å². The van der Waals surface area contributed by atoms with E-state index in [1.165, 1.54) is 0 Å². The second kappa shape index (κ2) is 2.03. The van der Waals surface area contributed by atoms with Crippen molar-refractivity contribution >= 4 is 11.9 Å². The summed E-state index contributed by atoms with van der Waals surface area (Å²) in [6, 6.07) is 0. The fourth-order valence-electron chi connectivity index (χ4n) is 3.18. The molecule has 0 spiro atoms. The van der Waals surface area contributed by atoms with Crippen molar-refractivity contribution in [1.82, 2.24) is 0 Å². The third-order valence-corrected chi connectivity index (χ3v) is 4.28. The standard InChI is InChI=1S/C10H12O4/c1-9-4-3-5(14-9)6-7(11)13-8(12)10(6,9)2/h5-6H,3-4H2,1-2H3/t5-,6+,9+,10-/m0/s1. The van der Waals surface area contributed by atoms with E-state index in [1.54, 1.807) is 6.92 Å². The quantitative estimate of drug-likeness (QED) is 0.421. The molecule has 0 N–H and O–H groups in total. The van der Waals surface area contributed by atoms with E-state index in [4.69, 9.17) is 9.47 Å². The van der Waals surface area contributed by atoms with Crippen molar-refractivity contribution < 1.29 is 19.1 Å². The van der Waals surface area contributed by atoms with E-state index in [0.29, 0.717) is 0 Å². The maximum absolute atomic E-state index is 11.7. The van der Waals surface area contributed by atoms with Crippen molar-refractivity contribution in [1.29, 1.82) is 0 Å². The zero-order valence-corrected chi connectivity index (χ0v) is 8.20. The molecule has 0 amide bonds. The number of esters is 2. The molecule has 0 unspecified atom stereocenters. The van der Waals surface area contributed by atoms with E-state index >= 15 is 0 Å². The summed E-state index contributed by atoms with van der Waals surface area (Å²) in [6.45, 7) is 3.71. The van der Waals surface area contributed by atoms with E-state index in [1.807, 2.05) is 6.92 Å². The Morgan fingerprint density at radius 3 is 2.71 bits per heavy atom. The molecule has 76 valence electrons. The summed E-state index contributed by atoms with van der Waals surface area (Å²) >= 11 is 0. The average molecular weight is 196 g/mol. The van der Waals surface area contributed by atoms with Crippen molar-refractivity contribution in [3.63, 3.8) is 0 Å². The van der Waals surface area contributed by atoms with Gasteiger partial charge in [0, 0.05) is 0 Å². The molecular weight excluding hydrogens is 184 g/mol. The van der Waals surface area contributed by atoms with Crippen LogP contribution in [0.15, 0.2) is 0 Å². The fourth-order valence-corrected chi connectivity index (χ4v) is 3.18. The molecule has 0 aromatic heterocycles. The van der Waals surface area contributed by atoms with Crippen LogP contribution in [0.5, 0.6) is 0 Å². The van der Waals surface area contributed by atoms with E-state index in [9.17, 15) is 9.59 Å². The van der Waals surface area contributed by atoms with Crippen LogP contribution in [0.2, 0.25) is 0 Å². The Balaban J connectivity index is 2.18. The van der Waals surface area contributed by atoms with Gasteiger partial charge in [-0.1, -0.05) is 0 Å². The smallest absolute Gasteiger partial charge is 0.323 e. The van der Waals surface area contributed by atoms with Crippen LogP contribution in [0.4, 0.5) is 0 Å². The second-order valence-electron chi connectivity index (χ2n) is 4.81. The Kier molecular flexibility index (Phi) is 1.22. The van der Waals surface area contributed by atoms with Crippen LogP contribution in [-0.4, -0.2) is 23.6 Å². The molecule has 3 heterocycles. The van der Waals surface area contributed by atoms with Gasteiger partial charge < -0.3 is 9.47 Å². The Hall–Kier alpha value is -0.900. The van der Waals surface area contributed by atoms with Crippen molar-refractivity contribution in [2.75, 3.05) is 0 Å². The molecule has 3 aliphatic heterocycles. The lowest BCUT2D eigenvalue weighted by Gasteiger charge is -2.34. The number of rotatable bonds is 0. The van der Waals surface area contributed by atoms with Gasteiger partial charge in [-0.15, -0.1) is 0 Å². The third-order valence-electron chi connectivity index (χ3n) is 4.28. The number of hydrogen-bond donors (Lipinski definition) is 0. The Morgan fingerprint density at radius 1 is 1.36 bits per heavy atom. The van der Waals surface area contributed by atoms with E-state index in [2.05, 4.69) is 0 Å². The van der Waals surface area contributed by atoms with Crippen molar-refractivity contribution in [2.45, 2.75) is 38.4 Å². The minimum atomic E-state index is -0.743. The van der Waals surface area contributed by atoms with Crippen molar-refractivity contribution in [3.8, 4) is 0 Å². The predicted molar refractivity (Wildman–Crippen MR) is 45.2 cm³/mol. The largest absolute Gasteiger partial charge is 0.392 e. The molecular formula is C10H12O4. The van der Waals surface area contributed by atoms with Gasteiger partial charge in [-0.3, -0.25) is 9.59 Å². The highest BCUT2D eigenvalue weighted by Crippen LogP contribution is 2.61. The van der Waals surface area contributed by atoms with Crippen molar-refractivity contribution in [2.24, 2.45) is 11.3 Å². The summed E-state index contributed by atoms with van der Waals surface area (Å²) in [7, 11) is 0. The highest BCUT2D eigenvalue weighted by atomic mass is 16.6. The number of fused-ring (bicyclic) bond motifs is 5. The van der Waals surface area contributed by atoms with Gasteiger partial charge in [-0.25, -0.2) is 0 Å². The molecule has 3 fully saturated rings. The molecule has 4 atom stereocenters. The fraction of sp³-hybridized carbons (Fsp3) is 0.800. The number of ether oxygens (including phenoxy) is 2. The van der Waals surface area contributed by atoms with Gasteiger partial charge in [-0.2, -0.15) is 0 Å². The summed E-state index contributed by atoms with van der Waals surface area (Å²) in [5.74, 6) is -1.17. The summed E-state index contributed by atoms with van der Waals surface area (Å²) in [6.07, 6.45) is 1.59. The van der Waals surface area contributed by atoms with Crippen LogP contribution in [0.3, 0.4) is 0 Å². The molecule has 0 radical (unpaired) electrons. The Morgan fingerprint density at radius 2 is 2.07 bits per heavy atom. The van der Waals surface area contributed by atoms with Gasteiger partial charge in [0.05, 0.1) is 11.7 Å². The van der Waals surface area contributed by atoms with Crippen LogP contribution in [0, 0.1) is 11.3 Å². The Bertz CT molecular complexity index is 350. The molecule has 4 nitrogen and oxygen atoms in total. The second-order valence-corrected chi connectivity index (χ2v) is 4.81. The van der Waals surface area contributed by atoms with E-state index < -0.39 is 23.0 Å². The lowest BCUT2D eigenvalue weighted by Crippen LogP contribution is -2.47. The van der Waals surface area contributed by atoms with Crippen LogP contribution in [0.1, 0.15) is 26.7 Å². The van der Waals surface area contributed by atoms with Gasteiger partial charge in [-0.05, 0) is 26.7 Å². The first kappa shape index (κ1) is 8.41. The molecule has 0 aromatic carbocycles. The molecule has 0 aromatic rings. The highest BCUT2D eigenvalue weighted by Gasteiger charge is 2.74. The SMILES string of the molecule is C[C@]12CC[C@H](O1)[C@@H]1C(=O)OC(=O)[C@]12C. The summed E-state index contributed by atoms with van der Waals surface area (Å²) < 4.78 is 10.5. The number of carbonyl (C=O) groups is 2. The van der Waals surface area contributed by atoms with Gasteiger partial charge in [0.15, 0.2) is 0 Å². The maximum atomic E-state index is 11.7. The zero-order chi connectivity index (χ0) is 10.1. The maximum Gasteiger partial charge on any atom is 0.323 e. The molecule has 0 aliphatic carbocycles. The molecule has 3 saturated heterocycles. The van der Waals surface area contributed by atoms with Crippen LogP contribution >= 0.6 is 0 Å². The molecule has 3 aliphatic rings. The summed E-state index contributed by atoms with van der Waals surface area (Å²) in [5, 5.41) is 0. The number of carbonyl (C=O) groups excluding carboxylic acids is 2. The predicted octanol–water partition coefficient (Wildman–Crippen LogP) is 0.644. The lowest BCUT2D eigenvalue weighted by molar-refractivity contribution is -0.162. The highest BCUT2D eigenvalue weighted by molar-refractivity contribution is 6.01. The number of hydrogen-bond acceptors (Lipinski definition) is 4. The summed E-state index contributed by atoms with van der Waals surface area (Å²) in [4.78, 5) is 23.1. The monoisotopic (exact) mass is 196 g/mol. The molecule has 3 rings (SSSR count). The first-order valence-corrected chi connectivity index (χ1v) is 4.93. The topological polar surface area (TPSA) is 52.6 Å². The first-order valence-electron chi connectivity index (χ1n) is 4.93. The lowest BCUT2D eigenvalue weighted by atomic mass is 9.62. The van der Waals surface area contributed by atoms with Gasteiger partial charge in [0.2, 0.25) is 0 Å². The number of cyclic esters (lactones) is 2. The summed E-state index contributed by atoms with van der Waals surface area (Å²) in [5.41, 5.74) is -1.24. The first-order chi connectivity index (χ1) is 6.49. The normalized spacial score (nSPS) is 55.0. The molecule has 4 heteroatoms. The Labute approximate surface area is 81.6 Å². The third kappa shape index (κ3) is 0.610. The average Bonchev–Trinajstić information content (AvgIpc) is 2.63. The van der Waals surface area contributed by atoms with E-state index in [-0.39, 0.29) is 12.0 Å². The van der Waals surface area contributed by atoms with Crippen molar-refractivity contribution in [3.05, 3.63) is 0 Å². The zero-order valence-electron chi connectivity index (χ0n) is 8.20. The minimum Gasteiger partial charge on any atom is -0.392 e. The van der Waals surface area contributed by atoms with Crippen LogP contribution in [0.25, 0.3) is 0 Å². The molecule has 2 bridgehead atoms. The minimum absolute atomic E-state index is 0.107. The molecule has 0 saturated carbocycles. The van der Waals surface area contributed by atoms with Crippen LogP contribution in [-0.2, 0) is 19.1 Å². The van der Waals surface area contributed by atoms with Crippen LogP contribution < -0.4 is 0 Å². The van der Waals surface area contributed by atoms with Gasteiger partial charge >= 0.3 is 11.9 Å². The molecule has 14 heavy (non-hydrogen) atoms. The van der Waals surface area contributed by atoms with Gasteiger partial charge in [0.25, 0.3) is 0 Å².